The van der Waals surface area contributed by atoms with Crippen LogP contribution < -0.4 is 5.32 Å². The molecule has 3 amide bonds. The van der Waals surface area contributed by atoms with Crippen LogP contribution >= 0.6 is 11.3 Å². The normalized spacial score (nSPS) is 25.0. The van der Waals surface area contributed by atoms with Crippen molar-refractivity contribution in [3.63, 3.8) is 0 Å². The van der Waals surface area contributed by atoms with Gasteiger partial charge in [0.1, 0.15) is 6.04 Å². The number of nitrogens with one attached hydrogen (secondary N) is 1. The number of hydrogen-bond donors (Lipinski definition) is 1. The fourth-order valence-electron chi connectivity index (χ4n) is 4.24. The maximum absolute atomic E-state index is 13.1. The first kappa shape index (κ1) is 19.4. The Morgan fingerprint density at radius 3 is 2.61 bits per heavy atom. The Hall–Kier alpha value is -1.93. The number of nitrogens with zero attached hydrogens (tertiary/aromatic N) is 3. The molecule has 0 bridgehead atoms. The van der Waals surface area contributed by atoms with Gasteiger partial charge in [0.25, 0.3) is 0 Å². The number of carbonyl (C=O) groups is 3. The Morgan fingerprint density at radius 1 is 1.25 bits per heavy atom. The molecular weight excluding hydrogens is 376 g/mol. The van der Waals surface area contributed by atoms with Gasteiger partial charge >= 0.3 is 0 Å². The van der Waals surface area contributed by atoms with Crippen LogP contribution in [0, 0.1) is 5.92 Å². The summed E-state index contributed by atoms with van der Waals surface area (Å²) in [6, 6.07) is 3.47. The van der Waals surface area contributed by atoms with E-state index < -0.39 is 6.04 Å². The van der Waals surface area contributed by atoms with Crippen molar-refractivity contribution in [1.82, 2.24) is 20.0 Å². The van der Waals surface area contributed by atoms with Gasteiger partial charge in [-0.3, -0.25) is 14.4 Å². The molecule has 0 radical (unpaired) electrons. The van der Waals surface area contributed by atoms with Crippen molar-refractivity contribution >= 4 is 29.1 Å². The Kier molecular flexibility index (Phi) is 5.68. The van der Waals surface area contributed by atoms with Gasteiger partial charge in [0, 0.05) is 50.4 Å². The summed E-state index contributed by atoms with van der Waals surface area (Å²) in [6.07, 6.45) is 2.43. The van der Waals surface area contributed by atoms with Gasteiger partial charge in [-0.15, -0.1) is 11.3 Å². The van der Waals surface area contributed by atoms with Gasteiger partial charge in [-0.2, -0.15) is 0 Å². The van der Waals surface area contributed by atoms with Gasteiger partial charge in [0.05, 0.1) is 12.6 Å². The molecule has 7 nitrogen and oxygen atoms in total. The minimum atomic E-state index is -0.460. The zero-order chi connectivity index (χ0) is 19.7. The van der Waals surface area contributed by atoms with Gasteiger partial charge in [-0.1, -0.05) is 6.07 Å². The molecule has 28 heavy (non-hydrogen) atoms. The van der Waals surface area contributed by atoms with Crippen LogP contribution in [-0.2, 0) is 20.9 Å². The molecule has 2 aliphatic heterocycles. The van der Waals surface area contributed by atoms with E-state index in [1.165, 1.54) is 6.92 Å². The molecule has 3 fully saturated rings. The third-order valence-electron chi connectivity index (χ3n) is 5.95. The zero-order valence-corrected chi connectivity index (χ0v) is 17.1. The Bertz CT molecular complexity index is 728. The highest BCUT2D eigenvalue weighted by Crippen LogP contribution is 2.35. The summed E-state index contributed by atoms with van der Waals surface area (Å²) in [5.74, 6) is 0.228. The summed E-state index contributed by atoms with van der Waals surface area (Å²) < 4.78 is 0. The Labute approximate surface area is 169 Å². The monoisotopic (exact) mass is 404 g/mol. The van der Waals surface area contributed by atoms with Crippen LogP contribution in [0.4, 0.5) is 0 Å². The molecule has 2 atom stereocenters. The number of piperazine rings is 1. The van der Waals surface area contributed by atoms with Crippen LogP contribution in [0.2, 0.25) is 0 Å². The quantitative estimate of drug-likeness (QED) is 0.792. The third kappa shape index (κ3) is 4.07. The van der Waals surface area contributed by atoms with Gasteiger partial charge in [0.2, 0.25) is 17.7 Å². The lowest BCUT2D eigenvalue weighted by Gasteiger charge is -2.32. The van der Waals surface area contributed by atoms with Crippen LogP contribution in [-0.4, -0.2) is 77.2 Å². The number of thiophene rings is 1. The van der Waals surface area contributed by atoms with Crippen molar-refractivity contribution in [2.45, 2.75) is 44.8 Å². The number of carbonyl (C=O) groups excluding carboxylic acids is 3. The molecule has 2 saturated heterocycles. The van der Waals surface area contributed by atoms with Crippen LogP contribution in [0.15, 0.2) is 17.5 Å². The summed E-state index contributed by atoms with van der Waals surface area (Å²) in [7, 11) is 0. The molecule has 4 rings (SSSR count). The predicted molar refractivity (Wildman–Crippen MR) is 107 cm³/mol. The molecule has 1 N–H and O–H groups in total. The molecule has 0 aromatic carbocycles. The van der Waals surface area contributed by atoms with Crippen molar-refractivity contribution in [2.75, 3.05) is 32.7 Å². The SMILES string of the molecule is CC(=O)N1CC(N(Cc2cccs2)C(=O)C2CC2)CC1C(=O)N1CCNCC1. The van der Waals surface area contributed by atoms with Crippen molar-refractivity contribution in [1.29, 1.82) is 0 Å². The van der Waals surface area contributed by atoms with Crippen LogP contribution in [0.1, 0.15) is 31.1 Å². The standard InChI is InChI=1S/C20H28N4O3S/c1-14(25)23-12-16(11-18(23)20(27)22-8-6-21-7-9-22)24(19(26)15-4-5-15)13-17-3-2-10-28-17/h2-3,10,15-16,18,21H,4-9,11-13H2,1H3. The second kappa shape index (κ2) is 8.21. The second-order valence-corrected chi connectivity index (χ2v) is 9.00. The molecule has 8 heteroatoms. The van der Waals surface area contributed by atoms with Crippen LogP contribution in [0.5, 0.6) is 0 Å². The van der Waals surface area contributed by atoms with E-state index in [1.807, 2.05) is 27.3 Å². The Balaban J connectivity index is 1.52. The lowest BCUT2D eigenvalue weighted by Crippen LogP contribution is -2.53. The maximum atomic E-state index is 13.1. The fourth-order valence-corrected chi connectivity index (χ4v) is 4.94. The highest BCUT2D eigenvalue weighted by atomic mass is 32.1. The molecule has 1 aromatic rings. The van der Waals surface area contributed by atoms with E-state index in [-0.39, 0.29) is 29.7 Å². The molecule has 1 aliphatic carbocycles. The number of hydrogen-bond acceptors (Lipinski definition) is 5. The van der Waals surface area contributed by atoms with Gasteiger partial charge < -0.3 is 20.0 Å². The molecule has 0 spiro atoms. The molecule has 1 aromatic heterocycles. The summed E-state index contributed by atoms with van der Waals surface area (Å²) >= 11 is 1.64. The van der Waals surface area contributed by atoms with E-state index in [4.69, 9.17) is 0 Å². The largest absolute Gasteiger partial charge is 0.338 e. The number of rotatable bonds is 5. The molecule has 3 heterocycles. The van der Waals surface area contributed by atoms with E-state index in [1.54, 1.807) is 16.2 Å². The molecule has 1 saturated carbocycles. The van der Waals surface area contributed by atoms with Gasteiger partial charge in [0.15, 0.2) is 0 Å². The Morgan fingerprint density at radius 2 is 2.00 bits per heavy atom. The smallest absolute Gasteiger partial charge is 0.245 e. The second-order valence-electron chi connectivity index (χ2n) is 7.97. The summed E-state index contributed by atoms with van der Waals surface area (Å²) in [5, 5.41) is 5.27. The predicted octanol–water partition coefficient (Wildman–Crippen LogP) is 0.908. The van der Waals surface area contributed by atoms with E-state index in [9.17, 15) is 14.4 Å². The van der Waals surface area contributed by atoms with Crippen molar-refractivity contribution in [2.24, 2.45) is 5.92 Å². The summed E-state index contributed by atoms with van der Waals surface area (Å²) in [6.45, 7) is 5.45. The van der Waals surface area contributed by atoms with E-state index >= 15 is 0 Å². The topological polar surface area (TPSA) is 73.0 Å². The summed E-state index contributed by atoms with van der Waals surface area (Å²) in [4.78, 5) is 45.0. The van der Waals surface area contributed by atoms with Gasteiger partial charge in [-0.05, 0) is 30.7 Å². The first-order chi connectivity index (χ1) is 13.5. The first-order valence-corrected chi connectivity index (χ1v) is 11.0. The minimum Gasteiger partial charge on any atom is -0.338 e. The molecule has 152 valence electrons. The summed E-state index contributed by atoms with van der Waals surface area (Å²) in [5.41, 5.74) is 0. The molecule has 2 unspecified atom stereocenters. The number of amides is 3. The van der Waals surface area contributed by atoms with Crippen molar-refractivity contribution in [3.8, 4) is 0 Å². The molecule has 3 aliphatic rings. The lowest BCUT2D eigenvalue weighted by molar-refractivity contribution is -0.143. The first-order valence-electron chi connectivity index (χ1n) is 10.1. The minimum absolute atomic E-state index is 0.0224. The highest BCUT2D eigenvalue weighted by molar-refractivity contribution is 7.09. The average molecular weight is 405 g/mol. The van der Waals surface area contributed by atoms with E-state index in [2.05, 4.69) is 5.32 Å². The zero-order valence-electron chi connectivity index (χ0n) is 16.3. The van der Waals surface area contributed by atoms with Crippen LogP contribution in [0.25, 0.3) is 0 Å². The van der Waals surface area contributed by atoms with E-state index in [0.717, 1.165) is 30.8 Å². The number of likely N-dealkylation sites (tertiary alicyclic amines) is 1. The van der Waals surface area contributed by atoms with Crippen molar-refractivity contribution in [3.05, 3.63) is 22.4 Å². The van der Waals surface area contributed by atoms with Crippen LogP contribution in [0.3, 0.4) is 0 Å². The fraction of sp³-hybridized carbons (Fsp3) is 0.650. The average Bonchev–Trinajstić information content (AvgIpc) is 3.25. The molecular formula is C20H28N4O3S. The highest BCUT2D eigenvalue weighted by Gasteiger charge is 2.45. The van der Waals surface area contributed by atoms with Gasteiger partial charge in [-0.25, -0.2) is 0 Å². The van der Waals surface area contributed by atoms with Crippen molar-refractivity contribution < 1.29 is 14.4 Å². The third-order valence-corrected chi connectivity index (χ3v) is 6.82. The lowest BCUT2D eigenvalue weighted by atomic mass is 10.1. The maximum Gasteiger partial charge on any atom is 0.245 e. The van der Waals surface area contributed by atoms with E-state index in [0.29, 0.717) is 32.6 Å².